The molecule has 1 saturated carbocycles. The first-order valence-corrected chi connectivity index (χ1v) is 12.6. The van der Waals surface area contributed by atoms with Gasteiger partial charge < -0.3 is 9.50 Å². The zero-order chi connectivity index (χ0) is 21.5. The molecule has 0 amide bonds. The molecule has 0 radical (unpaired) electrons. The smallest absolute Gasteiger partial charge is 0.306 e. The molecule has 1 N–H and O–H groups in total. The first kappa shape index (κ1) is 21.1. The average molecular weight is 426 g/mol. The Hall–Kier alpha value is -2.11. The summed E-state index contributed by atoms with van der Waals surface area (Å²) in [6.45, 7) is 6.94. The molecule has 2 aliphatic rings. The van der Waals surface area contributed by atoms with Crippen molar-refractivity contribution in [2.24, 2.45) is 0 Å². The van der Waals surface area contributed by atoms with E-state index in [0.29, 0.717) is 12.3 Å². The van der Waals surface area contributed by atoms with Gasteiger partial charge in [-0.2, -0.15) is 8.42 Å². The van der Waals surface area contributed by atoms with Crippen LogP contribution in [0.25, 0.3) is 16.7 Å². The lowest BCUT2D eigenvalue weighted by molar-refractivity contribution is 0.229. The van der Waals surface area contributed by atoms with Crippen molar-refractivity contribution in [2.75, 3.05) is 12.8 Å². The Morgan fingerprint density at radius 3 is 2.07 bits per heavy atom. The van der Waals surface area contributed by atoms with Crippen LogP contribution in [0.2, 0.25) is 0 Å². The van der Waals surface area contributed by atoms with Crippen molar-refractivity contribution < 1.29 is 12.6 Å². The van der Waals surface area contributed by atoms with Crippen LogP contribution in [0.5, 0.6) is 0 Å². The molecule has 5 heteroatoms. The van der Waals surface area contributed by atoms with E-state index in [1.807, 2.05) is 0 Å². The second-order valence-corrected chi connectivity index (χ2v) is 10.5. The Bertz CT molecular complexity index is 1070. The maximum absolute atomic E-state index is 12.1. The largest absolute Gasteiger partial charge is 0.385 e. The summed E-state index contributed by atoms with van der Waals surface area (Å²) >= 11 is 0. The Morgan fingerprint density at radius 1 is 0.900 bits per heavy atom. The van der Waals surface area contributed by atoms with E-state index in [1.54, 1.807) is 0 Å². The van der Waals surface area contributed by atoms with E-state index < -0.39 is 10.1 Å². The van der Waals surface area contributed by atoms with Crippen LogP contribution in [0, 0.1) is 20.8 Å². The third kappa shape index (κ3) is 4.06. The SMILES string of the molecule is Cc1ccc(-c2cc(C)c(C3=C(OS(C)(=O)=O)C4(CCCCC4)NC3)c(C)c2)cc1. The summed E-state index contributed by atoms with van der Waals surface area (Å²) in [5.41, 5.74) is 7.64. The molecule has 1 spiro atoms. The fraction of sp³-hybridized carbons (Fsp3) is 0.440. The highest BCUT2D eigenvalue weighted by Gasteiger charge is 2.45. The zero-order valence-corrected chi connectivity index (χ0v) is 19.2. The van der Waals surface area contributed by atoms with E-state index in [-0.39, 0.29) is 5.54 Å². The Kier molecular flexibility index (Phi) is 5.54. The van der Waals surface area contributed by atoms with Crippen LogP contribution < -0.4 is 5.32 Å². The van der Waals surface area contributed by atoms with Crippen molar-refractivity contribution in [3.8, 4) is 11.1 Å². The van der Waals surface area contributed by atoms with Crippen LogP contribution in [0.4, 0.5) is 0 Å². The first-order valence-electron chi connectivity index (χ1n) is 10.8. The molecule has 0 aromatic heterocycles. The predicted molar refractivity (Wildman–Crippen MR) is 123 cm³/mol. The van der Waals surface area contributed by atoms with Crippen molar-refractivity contribution in [3.05, 3.63) is 64.4 Å². The highest BCUT2D eigenvalue weighted by molar-refractivity contribution is 7.86. The maximum Gasteiger partial charge on any atom is 0.306 e. The summed E-state index contributed by atoms with van der Waals surface area (Å²) in [6, 6.07) is 12.9. The number of benzene rings is 2. The molecule has 2 aromatic rings. The van der Waals surface area contributed by atoms with E-state index in [1.165, 1.54) is 23.1 Å². The van der Waals surface area contributed by atoms with Crippen LogP contribution in [-0.4, -0.2) is 26.8 Å². The van der Waals surface area contributed by atoms with Crippen LogP contribution >= 0.6 is 0 Å². The van der Waals surface area contributed by atoms with Gasteiger partial charge in [-0.1, -0.05) is 61.2 Å². The minimum atomic E-state index is -3.60. The van der Waals surface area contributed by atoms with E-state index in [9.17, 15) is 8.42 Å². The molecule has 1 aliphatic carbocycles. The number of hydrogen-bond acceptors (Lipinski definition) is 4. The van der Waals surface area contributed by atoms with E-state index in [4.69, 9.17) is 4.18 Å². The van der Waals surface area contributed by atoms with Gasteiger partial charge in [-0.25, -0.2) is 0 Å². The van der Waals surface area contributed by atoms with E-state index in [0.717, 1.165) is 54.2 Å². The molecule has 0 unspecified atom stereocenters. The van der Waals surface area contributed by atoms with Gasteiger partial charge in [0.2, 0.25) is 0 Å². The Morgan fingerprint density at radius 2 is 1.50 bits per heavy atom. The molecule has 0 bridgehead atoms. The van der Waals surface area contributed by atoms with Crippen LogP contribution in [0.1, 0.15) is 54.4 Å². The molecule has 30 heavy (non-hydrogen) atoms. The number of nitrogens with one attached hydrogen (secondary N) is 1. The predicted octanol–water partition coefficient (Wildman–Crippen LogP) is 5.27. The molecule has 2 aromatic carbocycles. The summed E-state index contributed by atoms with van der Waals surface area (Å²) in [4.78, 5) is 0. The van der Waals surface area contributed by atoms with Crippen molar-refractivity contribution in [3.63, 3.8) is 0 Å². The molecule has 1 heterocycles. The van der Waals surface area contributed by atoms with Crippen molar-refractivity contribution >= 4 is 15.7 Å². The van der Waals surface area contributed by atoms with Gasteiger partial charge in [0.15, 0.2) is 0 Å². The summed E-state index contributed by atoms with van der Waals surface area (Å²) in [5.74, 6) is 0.624. The van der Waals surface area contributed by atoms with E-state index in [2.05, 4.69) is 62.5 Å². The van der Waals surface area contributed by atoms with Gasteiger partial charge in [0.05, 0.1) is 11.8 Å². The molecule has 0 saturated heterocycles. The molecule has 1 fully saturated rings. The molecule has 160 valence electrons. The van der Waals surface area contributed by atoms with E-state index >= 15 is 0 Å². The average Bonchev–Trinajstić information content (AvgIpc) is 2.98. The lowest BCUT2D eigenvalue weighted by atomic mass is 9.80. The Balaban J connectivity index is 1.83. The van der Waals surface area contributed by atoms with Gasteiger partial charge in [0.1, 0.15) is 5.76 Å². The molecule has 1 aliphatic heterocycles. The minimum absolute atomic E-state index is 0.356. The molecule has 4 rings (SSSR count). The normalized spacial score (nSPS) is 18.8. The third-order valence-electron chi connectivity index (χ3n) is 6.47. The fourth-order valence-corrected chi connectivity index (χ4v) is 5.66. The Labute approximate surface area is 180 Å². The number of aryl methyl sites for hydroxylation is 3. The lowest BCUT2D eigenvalue weighted by Crippen LogP contribution is -2.45. The highest BCUT2D eigenvalue weighted by atomic mass is 32.2. The number of hydrogen-bond donors (Lipinski definition) is 1. The van der Waals surface area contributed by atoms with Gasteiger partial charge in [-0.15, -0.1) is 0 Å². The van der Waals surface area contributed by atoms with Gasteiger partial charge in [0.25, 0.3) is 0 Å². The van der Waals surface area contributed by atoms with Gasteiger partial charge in [-0.05, 0) is 61.4 Å². The van der Waals surface area contributed by atoms with Crippen molar-refractivity contribution in [1.29, 1.82) is 0 Å². The van der Waals surface area contributed by atoms with Crippen LogP contribution in [0.15, 0.2) is 42.2 Å². The quantitative estimate of drug-likeness (QED) is 0.678. The van der Waals surface area contributed by atoms with Crippen LogP contribution in [-0.2, 0) is 14.3 Å². The monoisotopic (exact) mass is 425 g/mol. The molecule has 4 nitrogen and oxygen atoms in total. The summed E-state index contributed by atoms with van der Waals surface area (Å²) in [6.07, 6.45) is 6.34. The topological polar surface area (TPSA) is 55.4 Å². The van der Waals surface area contributed by atoms with Gasteiger partial charge >= 0.3 is 10.1 Å². The number of rotatable bonds is 4. The second-order valence-electron chi connectivity index (χ2n) is 8.94. The van der Waals surface area contributed by atoms with Gasteiger partial charge in [0, 0.05) is 12.1 Å². The first-order chi connectivity index (χ1) is 14.2. The molecular weight excluding hydrogens is 394 g/mol. The minimum Gasteiger partial charge on any atom is -0.385 e. The standard InChI is InChI=1S/C25H31NO3S/c1-17-8-10-20(11-9-17)21-14-18(2)23(19(3)15-21)22-16-26-25(12-6-5-7-13-25)24(22)29-30(4,27)28/h8-11,14-15,26H,5-7,12-13,16H2,1-4H3. The van der Waals surface area contributed by atoms with Crippen LogP contribution in [0.3, 0.4) is 0 Å². The summed E-state index contributed by atoms with van der Waals surface area (Å²) < 4.78 is 30.0. The maximum atomic E-state index is 12.1. The van der Waals surface area contributed by atoms with Crippen molar-refractivity contribution in [2.45, 2.75) is 58.4 Å². The second kappa shape index (κ2) is 7.86. The summed E-state index contributed by atoms with van der Waals surface area (Å²) in [7, 11) is -3.60. The summed E-state index contributed by atoms with van der Waals surface area (Å²) in [5, 5.41) is 3.64. The van der Waals surface area contributed by atoms with Gasteiger partial charge in [-0.3, -0.25) is 0 Å². The lowest BCUT2D eigenvalue weighted by Gasteiger charge is -2.35. The molecule has 0 atom stereocenters. The third-order valence-corrected chi connectivity index (χ3v) is 6.94. The fourth-order valence-electron chi connectivity index (χ4n) is 5.10. The molecular formula is C25H31NO3S. The highest BCUT2D eigenvalue weighted by Crippen LogP contribution is 2.44. The zero-order valence-electron chi connectivity index (χ0n) is 18.3. The van der Waals surface area contributed by atoms with Crippen molar-refractivity contribution in [1.82, 2.24) is 5.32 Å².